The maximum atomic E-state index is 3.55. The Morgan fingerprint density at radius 1 is 1.44 bits per heavy atom. The quantitative estimate of drug-likeness (QED) is 0.911. The molecular weight excluding hydrogens is 264 g/mol. The van der Waals surface area contributed by atoms with Gasteiger partial charge in [-0.15, -0.1) is 0 Å². The molecule has 0 spiro atoms. The average Bonchev–Trinajstić information content (AvgIpc) is 3.11. The molecule has 0 amide bonds. The molecule has 1 atom stereocenters. The fraction of sp³-hybridized carbons (Fsp3) is 0.538. The molecule has 1 aromatic carbocycles. The van der Waals surface area contributed by atoms with Gasteiger partial charge >= 0.3 is 0 Å². The third-order valence-electron chi connectivity index (χ3n) is 3.36. The summed E-state index contributed by atoms with van der Waals surface area (Å²) in [7, 11) is 4.21. The molecule has 1 aliphatic rings. The van der Waals surface area contributed by atoms with Crippen molar-refractivity contribution in [1.82, 2.24) is 5.32 Å². The van der Waals surface area contributed by atoms with Gasteiger partial charge in [0.1, 0.15) is 0 Å². The lowest BCUT2D eigenvalue weighted by atomic mass is 10.1. The SMILES string of the molecule is CNC(C)c1cc(Br)ccc1N(C)C1CC1. The molecule has 0 radical (unpaired) electrons. The molecule has 2 rings (SSSR count). The minimum absolute atomic E-state index is 0.383. The number of rotatable bonds is 4. The maximum absolute atomic E-state index is 3.55. The highest BCUT2D eigenvalue weighted by Crippen LogP contribution is 2.35. The van der Waals surface area contributed by atoms with Gasteiger partial charge < -0.3 is 10.2 Å². The van der Waals surface area contributed by atoms with Crippen molar-refractivity contribution in [2.24, 2.45) is 0 Å². The van der Waals surface area contributed by atoms with Crippen LogP contribution in [0.15, 0.2) is 22.7 Å². The second-order valence-electron chi connectivity index (χ2n) is 4.56. The Balaban J connectivity index is 2.34. The highest BCUT2D eigenvalue weighted by atomic mass is 79.9. The van der Waals surface area contributed by atoms with Crippen LogP contribution in [0.1, 0.15) is 31.4 Å². The third-order valence-corrected chi connectivity index (χ3v) is 3.86. The van der Waals surface area contributed by atoms with Crippen molar-refractivity contribution < 1.29 is 0 Å². The Morgan fingerprint density at radius 2 is 2.12 bits per heavy atom. The van der Waals surface area contributed by atoms with Crippen molar-refractivity contribution in [3.05, 3.63) is 28.2 Å². The fourth-order valence-electron chi connectivity index (χ4n) is 2.01. The first-order valence-electron chi connectivity index (χ1n) is 5.83. The van der Waals surface area contributed by atoms with Crippen LogP contribution in [0.4, 0.5) is 5.69 Å². The largest absolute Gasteiger partial charge is 0.371 e. The van der Waals surface area contributed by atoms with E-state index in [0.717, 1.165) is 10.5 Å². The molecule has 16 heavy (non-hydrogen) atoms. The number of anilines is 1. The van der Waals surface area contributed by atoms with Crippen molar-refractivity contribution in [3.8, 4) is 0 Å². The van der Waals surface area contributed by atoms with Crippen LogP contribution < -0.4 is 10.2 Å². The second-order valence-corrected chi connectivity index (χ2v) is 5.47. The van der Waals surface area contributed by atoms with Crippen LogP contribution in [0, 0.1) is 0 Å². The van der Waals surface area contributed by atoms with Crippen molar-refractivity contribution >= 4 is 21.6 Å². The van der Waals surface area contributed by atoms with E-state index < -0.39 is 0 Å². The predicted molar refractivity (Wildman–Crippen MR) is 73.0 cm³/mol. The van der Waals surface area contributed by atoms with Gasteiger partial charge in [0.05, 0.1) is 0 Å². The molecule has 0 bridgehead atoms. The van der Waals surface area contributed by atoms with Crippen LogP contribution >= 0.6 is 15.9 Å². The van der Waals surface area contributed by atoms with E-state index in [1.165, 1.54) is 24.1 Å². The monoisotopic (exact) mass is 282 g/mol. The van der Waals surface area contributed by atoms with E-state index in [4.69, 9.17) is 0 Å². The van der Waals surface area contributed by atoms with Crippen LogP contribution in [0.5, 0.6) is 0 Å². The van der Waals surface area contributed by atoms with E-state index in [0.29, 0.717) is 6.04 Å². The number of nitrogens with one attached hydrogen (secondary N) is 1. The normalized spacial score (nSPS) is 17.2. The van der Waals surface area contributed by atoms with Crippen LogP contribution in [0.2, 0.25) is 0 Å². The lowest BCUT2D eigenvalue weighted by molar-refractivity contribution is 0.649. The third kappa shape index (κ3) is 2.41. The van der Waals surface area contributed by atoms with E-state index in [-0.39, 0.29) is 0 Å². The summed E-state index contributed by atoms with van der Waals surface area (Å²) in [5.74, 6) is 0. The highest BCUT2D eigenvalue weighted by molar-refractivity contribution is 9.10. The first-order chi connectivity index (χ1) is 7.63. The molecule has 3 heteroatoms. The summed E-state index contributed by atoms with van der Waals surface area (Å²) in [6.45, 7) is 2.20. The van der Waals surface area contributed by atoms with Crippen LogP contribution in [-0.4, -0.2) is 20.1 Å². The molecule has 1 aromatic rings. The minimum atomic E-state index is 0.383. The fourth-order valence-corrected chi connectivity index (χ4v) is 2.39. The summed E-state index contributed by atoms with van der Waals surface area (Å²) < 4.78 is 1.15. The van der Waals surface area contributed by atoms with Gasteiger partial charge in [-0.25, -0.2) is 0 Å². The standard InChI is InChI=1S/C13H19BrN2/c1-9(15-2)12-8-10(14)4-7-13(12)16(3)11-5-6-11/h4,7-9,11,15H,5-6H2,1-3H3. The molecule has 1 saturated carbocycles. The van der Waals surface area contributed by atoms with Crippen molar-refractivity contribution in [2.75, 3.05) is 19.0 Å². The molecule has 1 fully saturated rings. The van der Waals surface area contributed by atoms with Gasteiger partial charge in [0.25, 0.3) is 0 Å². The van der Waals surface area contributed by atoms with E-state index in [9.17, 15) is 0 Å². The van der Waals surface area contributed by atoms with E-state index in [1.807, 2.05) is 7.05 Å². The smallest absolute Gasteiger partial charge is 0.0415 e. The maximum Gasteiger partial charge on any atom is 0.0415 e. The molecule has 88 valence electrons. The number of halogens is 1. The van der Waals surface area contributed by atoms with Crippen molar-refractivity contribution in [3.63, 3.8) is 0 Å². The van der Waals surface area contributed by atoms with Gasteiger partial charge in [-0.1, -0.05) is 15.9 Å². The van der Waals surface area contributed by atoms with Crippen molar-refractivity contribution in [2.45, 2.75) is 31.8 Å². The van der Waals surface area contributed by atoms with E-state index in [2.05, 4.69) is 58.3 Å². The zero-order valence-corrected chi connectivity index (χ0v) is 11.7. The molecule has 1 unspecified atom stereocenters. The van der Waals surface area contributed by atoms with Gasteiger partial charge in [-0.2, -0.15) is 0 Å². The molecule has 2 nitrogen and oxygen atoms in total. The zero-order valence-electron chi connectivity index (χ0n) is 10.1. The summed E-state index contributed by atoms with van der Waals surface area (Å²) >= 11 is 3.55. The predicted octanol–water partition coefficient (Wildman–Crippen LogP) is 3.33. The number of hydrogen-bond donors (Lipinski definition) is 1. The molecule has 0 heterocycles. The van der Waals surface area contributed by atoms with Crippen molar-refractivity contribution in [1.29, 1.82) is 0 Å². The van der Waals surface area contributed by atoms with E-state index >= 15 is 0 Å². The van der Waals surface area contributed by atoms with E-state index in [1.54, 1.807) is 0 Å². The molecule has 0 aliphatic heterocycles. The topological polar surface area (TPSA) is 15.3 Å². The first-order valence-corrected chi connectivity index (χ1v) is 6.62. The Morgan fingerprint density at radius 3 is 2.69 bits per heavy atom. The van der Waals surface area contributed by atoms with Crippen LogP contribution in [0.3, 0.4) is 0 Å². The lowest BCUT2D eigenvalue weighted by Gasteiger charge is -2.25. The van der Waals surface area contributed by atoms with Gasteiger partial charge in [-0.05, 0) is 50.6 Å². The second kappa shape index (κ2) is 4.76. The Bertz CT molecular complexity index is 374. The number of benzene rings is 1. The first kappa shape index (κ1) is 11.9. The number of hydrogen-bond acceptors (Lipinski definition) is 2. The molecule has 1 N–H and O–H groups in total. The molecule has 0 aromatic heterocycles. The summed E-state index contributed by atoms with van der Waals surface area (Å²) in [4.78, 5) is 2.41. The zero-order chi connectivity index (χ0) is 11.7. The Kier molecular flexibility index (Phi) is 3.55. The number of nitrogens with zero attached hydrogens (tertiary/aromatic N) is 1. The highest BCUT2D eigenvalue weighted by Gasteiger charge is 2.28. The Hall–Kier alpha value is -0.540. The molecular formula is C13H19BrN2. The summed E-state index contributed by atoms with van der Waals surface area (Å²) in [5.41, 5.74) is 2.72. The summed E-state index contributed by atoms with van der Waals surface area (Å²) in [5, 5.41) is 3.32. The van der Waals surface area contributed by atoms with Gasteiger partial charge in [0.15, 0.2) is 0 Å². The lowest BCUT2D eigenvalue weighted by Crippen LogP contribution is -2.23. The summed E-state index contributed by atoms with van der Waals surface area (Å²) in [6.07, 6.45) is 2.67. The Labute approximate surface area is 106 Å². The van der Waals surface area contributed by atoms with Gasteiger partial charge in [0.2, 0.25) is 0 Å². The van der Waals surface area contributed by atoms with Crippen LogP contribution in [-0.2, 0) is 0 Å². The minimum Gasteiger partial charge on any atom is -0.371 e. The summed E-state index contributed by atoms with van der Waals surface area (Å²) in [6, 6.07) is 7.69. The van der Waals surface area contributed by atoms with Crippen LogP contribution in [0.25, 0.3) is 0 Å². The molecule has 1 aliphatic carbocycles. The van der Waals surface area contributed by atoms with Gasteiger partial charge in [-0.3, -0.25) is 0 Å². The van der Waals surface area contributed by atoms with Gasteiger partial charge in [0, 0.05) is 29.3 Å². The average molecular weight is 283 g/mol. The molecule has 0 saturated heterocycles.